The molecule has 27 heavy (non-hydrogen) atoms. The second-order valence-corrected chi connectivity index (χ2v) is 6.50. The molecule has 0 bridgehead atoms. The van der Waals surface area contributed by atoms with Gasteiger partial charge in [0.15, 0.2) is 0 Å². The van der Waals surface area contributed by atoms with Crippen LogP contribution in [0.1, 0.15) is 19.9 Å². The molecule has 0 N–H and O–H groups in total. The number of fused-ring (bicyclic) bond motifs is 4. The van der Waals surface area contributed by atoms with Gasteiger partial charge in [0.1, 0.15) is 5.58 Å². The van der Waals surface area contributed by atoms with E-state index in [4.69, 9.17) is 4.42 Å². The van der Waals surface area contributed by atoms with Gasteiger partial charge in [-0.1, -0.05) is 42.5 Å². The fraction of sp³-hybridized carbons (Fsp3) is 0.143. The van der Waals surface area contributed by atoms with Gasteiger partial charge in [-0.3, -0.25) is 0 Å². The van der Waals surface area contributed by atoms with Crippen molar-refractivity contribution < 1.29 is 26.2 Å². The summed E-state index contributed by atoms with van der Waals surface area (Å²) in [6.45, 7) is 4.33. The van der Waals surface area contributed by atoms with Gasteiger partial charge in [-0.15, -0.1) is 0 Å². The van der Waals surface area contributed by atoms with Crippen LogP contribution in [-0.4, -0.2) is 9.55 Å². The van der Waals surface area contributed by atoms with Crippen molar-refractivity contribution in [3.05, 3.63) is 67.1 Å². The molecule has 0 aliphatic carbocycles. The molecule has 0 unspecified atom stereocenters. The Kier molecular flexibility index (Phi) is 5.36. The van der Waals surface area contributed by atoms with E-state index in [0.717, 1.165) is 33.1 Å². The number of halogens is 1. The van der Waals surface area contributed by atoms with Crippen LogP contribution in [0.15, 0.2) is 65.2 Å². The van der Waals surface area contributed by atoms with Crippen molar-refractivity contribution in [3.63, 3.8) is 0 Å². The van der Waals surface area contributed by atoms with Crippen molar-refractivity contribution in [3.8, 4) is 5.69 Å². The molecule has 4 nitrogen and oxygen atoms in total. The Morgan fingerprint density at radius 3 is 2.63 bits per heavy atom. The summed E-state index contributed by atoms with van der Waals surface area (Å²) in [5, 5.41) is 2.11. The summed E-state index contributed by atoms with van der Waals surface area (Å²) in [4.78, 5) is 4.36. The maximum absolute atomic E-state index is 6.10. The van der Waals surface area contributed by atoms with E-state index in [1.54, 1.807) is 6.20 Å². The van der Waals surface area contributed by atoms with Crippen LogP contribution in [0.25, 0.3) is 38.8 Å². The summed E-state index contributed by atoms with van der Waals surface area (Å²) in [6, 6.07) is 18.9. The van der Waals surface area contributed by atoms with Crippen molar-refractivity contribution in [2.24, 2.45) is 0 Å². The van der Waals surface area contributed by atoms with Crippen LogP contribution in [0.5, 0.6) is 0 Å². The van der Waals surface area contributed by atoms with E-state index in [9.17, 15) is 0 Å². The van der Waals surface area contributed by atoms with Crippen LogP contribution in [0.4, 0.5) is 0 Å². The van der Waals surface area contributed by atoms with Gasteiger partial charge in [-0.2, -0.15) is 0 Å². The maximum atomic E-state index is 6.10. The summed E-state index contributed by atoms with van der Waals surface area (Å²) in [5.41, 5.74) is 4.74. The van der Waals surface area contributed by atoms with E-state index in [-0.39, 0.29) is 0 Å². The molecular formula is C21H17AgIN3O. The third-order valence-electron chi connectivity index (χ3n) is 4.60. The summed E-state index contributed by atoms with van der Waals surface area (Å²) >= 11 is 4.88. The number of aromatic nitrogens is 3. The molecule has 0 atom stereocenters. The number of imidazole rings is 1. The summed E-state index contributed by atoms with van der Waals surface area (Å²) < 4.78 is 10.3. The van der Waals surface area contributed by atoms with Crippen LogP contribution in [-0.2, 0) is 17.3 Å². The number of rotatable bonds is 2. The van der Waals surface area contributed by atoms with Crippen molar-refractivity contribution >= 4 is 52.1 Å². The number of furan rings is 1. The van der Waals surface area contributed by atoms with Crippen molar-refractivity contribution in [1.29, 1.82) is 0 Å². The molecule has 5 aromatic rings. The molecule has 0 saturated carbocycles. The van der Waals surface area contributed by atoms with Gasteiger partial charge in [0, 0.05) is 17.0 Å². The number of pyridine rings is 1. The first-order chi connectivity index (χ1) is 13.2. The first-order valence-corrected chi connectivity index (χ1v) is 13.0. The van der Waals surface area contributed by atoms with Gasteiger partial charge in [-0.25, -0.2) is 4.98 Å². The molecule has 0 saturated heterocycles. The molecule has 0 fully saturated rings. The van der Waals surface area contributed by atoms with Crippen molar-refractivity contribution in [2.45, 2.75) is 19.9 Å². The Hall–Kier alpha value is -1.67. The fourth-order valence-electron chi connectivity index (χ4n) is 3.44. The van der Waals surface area contributed by atoms with E-state index in [0.29, 0.717) is 11.8 Å². The van der Waals surface area contributed by atoms with Gasteiger partial charge in [0.2, 0.25) is 12.0 Å². The van der Waals surface area contributed by atoms with Crippen LogP contribution < -0.4 is 4.57 Å². The summed E-state index contributed by atoms with van der Waals surface area (Å²) in [7, 11) is 0. The van der Waals surface area contributed by atoms with Gasteiger partial charge in [0.25, 0.3) is 0 Å². The topological polar surface area (TPSA) is 34.8 Å². The van der Waals surface area contributed by atoms with Crippen LogP contribution in [0.2, 0.25) is 0 Å². The molecule has 5 rings (SSSR count). The monoisotopic (exact) mass is 561 g/mol. The minimum absolute atomic E-state index is 0.322. The van der Waals surface area contributed by atoms with Gasteiger partial charge in [0.05, 0.1) is 22.8 Å². The predicted molar refractivity (Wildman–Crippen MR) is 112 cm³/mol. The zero-order valence-corrected chi connectivity index (χ0v) is 18.4. The molecule has 6 heteroatoms. The van der Waals surface area contributed by atoms with Crippen molar-refractivity contribution in [2.75, 3.05) is 0 Å². The van der Waals surface area contributed by atoms with Crippen LogP contribution in [0.3, 0.4) is 0 Å². The summed E-state index contributed by atoms with van der Waals surface area (Å²) in [6.07, 6.45) is 5.25. The third kappa shape index (κ3) is 3.12. The Labute approximate surface area is 179 Å². The second kappa shape index (κ2) is 7.75. The molecule has 0 spiro atoms. The number of benzene rings is 2. The van der Waals surface area contributed by atoms with Crippen LogP contribution in [0, 0.1) is 6.33 Å². The Balaban J connectivity index is 0.000000872. The molecule has 0 aliphatic rings. The van der Waals surface area contributed by atoms with Crippen molar-refractivity contribution in [1.82, 2.24) is 9.55 Å². The van der Waals surface area contributed by atoms with Gasteiger partial charge < -0.3 is 13.6 Å². The predicted octanol–water partition coefficient (Wildman–Crippen LogP) is 5.48. The molecule has 0 aliphatic heterocycles. The zero-order valence-electron chi connectivity index (χ0n) is 14.8. The van der Waals surface area contributed by atoms with Gasteiger partial charge >= 0.3 is 36.3 Å². The normalized spacial score (nSPS) is 11.3. The van der Waals surface area contributed by atoms with E-state index in [1.165, 1.54) is 0 Å². The van der Waals surface area contributed by atoms with E-state index < -0.39 is 0 Å². The van der Waals surface area contributed by atoms with Gasteiger partial charge in [-0.05, 0) is 26.0 Å². The van der Waals surface area contributed by atoms with Crippen LogP contribution >= 0.6 is 19.0 Å². The standard InChI is InChI=1S/C21H17N3O.Ag.HI/c1-14(2)23-13-24(18-10-4-3-9-17(18)23)19-11-5-7-15-16-8-6-12-22-21(16)25-20(15)19;;/h3-12,14H,1-2H3;;1H/q;+1;/p-1. The molecule has 2 aromatic carbocycles. The molecule has 3 heterocycles. The Morgan fingerprint density at radius 1 is 1.04 bits per heavy atom. The molecule has 0 amide bonds. The Morgan fingerprint density at radius 2 is 1.81 bits per heavy atom. The molecule has 0 radical (unpaired) electrons. The average molecular weight is 562 g/mol. The number of nitrogens with zero attached hydrogens (tertiary/aromatic N) is 3. The third-order valence-corrected chi connectivity index (χ3v) is 4.60. The summed E-state index contributed by atoms with van der Waals surface area (Å²) in [5.74, 6) is 0. The molecule has 3 aromatic heterocycles. The fourth-order valence-corrected chi connectivity index (χ4v) is 3.44. The number of para-hydroxylation sites is 3. The zero-order chi connectivity index (χ0) is 19.0. The first kappa shape index (κ1) is 18.7. The first-order valence-electron chi connectivity index (χ1n) is 8.56. The van der Waals surface area contributed by atoms with E-state index in [1.807, 2.05) is 31.2 Å². The molecular weight excluding hydrogens is 545 g/mol. The van der Waals surface area contributed by atoms with E-state index in [2.05, 4.69) is 94.0 Å². The van der Waals surface area contributed by atoms with E-state index >= 15 is 0 Å². The average Bonchev–Trinajstić information content (AvgIpc) is 3.28. The number of hydrogen-bond donors (Lipinski definition) is 0. The second-order valence-electron chi connectivity index (χ2n) is 6.50. The molecule has 140 valence electrons. The minimum atomic E-state index is 0.322. The number of hydrogen-bond acceptors (Lipinski definition) is 2. The quantitative estimate of drug-likeness (QED) is 0.124. The SMILES string of the molecule is CC(C)n1[c-][n+](-c2cccc3c2oc2ncccc23)c2ccccc21.[Ag][I]. The Bertz CT molecular complexity index is 1240.